The first-order chi connectivity index (χ1) is 9.38. The molecule has 0 aliphatic rings. The normalized spacial score (nSPS) is 10.4. The molecule has 104 valence electrons. The van der Waals surface area contributed by atoms with Crippen LogP contribution < -0.4 is 4.74 Å². The number of nitrogens with zero attached hydrogens (tertiary/aromatic N) is 3. The van der Waals surface area contributed by atoms with Gasteiger partial charge in [0.1, 0.15) is 17.3 Å². The van der Waals surface area contributed by atoms with Crippen molar-refractivity contribution in [3.63, 3.8) is 0 Å². The molecule has 0 fully saturated rings. The molecule has 0 aliphatic carbocycles. The summed E-state index contributed by atoms with van der Waals surface area (Å²) >= 11 is 5.67. The molecule has 1 aromatic heterocycles. The summed E-state index contributed by atoms with van der Waals surface area (Å²) in [5.41, 5.74) is 0.189. The quantitative estimate of drug-likeness (QED) is 0.491. The van der Waals surface area contributed by atoms with E-state index in [9.17, 15) is 14.5 Å². The number of ether oxygens (including phenoxy) is 1. The van der Waals surface area contributed by atoms with Crippen molar-refractivity contribution in [2.75, 3.05) is 0 Å². The van der Waals surface area contributed by atoms with Crippen molar-refractivity contribution in [3.05, 3.63) is 50.7 Å². The van der Waals surface area contributed by atoms with Crippen molar-refractivity contribution in [1.82, 2.24) is 9.97 Å². The van der Waals surface area contributed by atoms with Gasteiger partial charge in [0.25, 0.3) is 0 Å². The summed E-state index contributed by atoms with van der Waals surface area (Å²) in [6, 6.07) is 3.79. The maximum atomic E-state index is 13.0. The van der Waals surface area contributed by atoms with Crippen molar-refractivity contribution >= 4 is 17.3 Å². The first-order valence-electron chi connectivity index (χ1n) is 5.51. The van der Waals surface area contributed by atoms with Crippen molar-refractivity contribution in [2.45, 2.75) is 13.8 Å². The Morgan fingerprint density at radius 2 is 2.05 bits per heavy atom. The Hall–Kier alpha value is -2.28. The van der Waals surface area contributed by atoms with E-state index in [2.05, 4.69) is 9.97 Å². The lowest BCUT2D eigenvalue weighted by atomic mass is 10.2. The van der Waals surface area contributed by atoms with Gasteiger partial charge in [-0.2, -0.15) is 4.98 Å². The summed E-state index contributed by atoms with van der Waals surface area (Å²) in [7, 11) is 0. The Bertz CT molecular complexity index is 694. The molecule has 0 atom stereocenters. The molecule has 0 N–H and O–H groups in total. The van der Waals surface area contributed by atoms with Crippen LogP contribution in [0.15, 0.2) is 18.2 Å². The zero-order chi connectivity index (χ0) is 14.9. The zero-order valence-electron chi connectivity index (χ0n) is 10.6. The second-order valence-corrected chi connectivity index (χ2v) is 4.34. The fourth-order valence-corrected chi connectivity index (χ4v) is 1.82. The smallest absolute Gasteiger partial charge is 0.352 e. The van der Waals surface area contributed by atoms with Crippen LogP contribution in [0, 0.1) is 29.8 Å². The number of aromatic nitrogens is 2. The maximum Gasteiger partial charge on any atom is 0.352 e. The number of benzene rings is 1. The molecule has 0 radical (unpaired) electrons. The van der Waals surface area contributed by atoms with Gasteiger partial charge in [-0.1, -0.05) is 0 Å². The molecule has 1 heterocycles. The molecule has 0 bridgehead atoms. The molecule has 0 unspecified atom stereocenters. The lowest BCUT2D eigenvalue weighted by Crippen LogP contribution is -2.02. The third kappa shape index (κ3) is 2.83. The summed E-state index contributed by atoms with van der Waals surface area (Å²) in [4.78, 5) is 17.8. The number of aryl methyl sites for hydroxylation is 2. The average molecular weight is 298 g/mol. The number of nitro groups is 1. The molecule has 20 heavy (non-hydrogen) atoms. The highest BCUT2D eigenvalue weighted by molar-refractivity contribution is 6.28. The predicted octanol–water partition coefficient (Wildman–Crippen LogP) is 3.59. The highest BCUT2D eigenvalue weighted by Gasteiger charge is 2.24. The first kappa shape index (κ1) is 14.1. The maximum absolute atomic E-state index is 13.0. The van der Waals surface area contributed by atoms with Crippen LogP contribution in [-0.2, 0) is 0 Å². The highest BCUT2D eigenvalue weighted by Crippen LogP contribution is 2.33. The van der Waals surface area contributed by atoms with Gasteiger partial charge in [0, 0.05) is 0 Å². The number of rotatable bonds is 3. The first-order valence-corrected chi connectivity index (χ1v) is 5.89. The van der Waals surface area contributed by atoms with Crippen molar-refractivity contribution in [2.24, 2.45) is 0 Å². The molecule has 0 spiro atoms. The van der Waals surface area contributed by atoms with Crippen LogP contribution in [-0.4, -0.2) is 14.9 Å². The minimum absolute atomic E-state index is 0.0877. The van der Waals surface area contributed by atoms with E-state index in [0.29, 0.717) is 5.56 Å². The van der Waals surface area contributed by atoms with Gasteiger partial charge >= 0.3 is 11.6 Å². The van der Waals surface area contributed by atoms with Crippen LogP contribution in [0.5, 0.6) is 11.6 Å². The number of hydrogen-bond acceptors (Lipinski definition) is 5. The Balaban J connectivity index is 2.50. The minimum Gasteiger partial charge on any atom is -0.433 e. The van der Waals surface area contributed by atoms with E-state index < -0.39 is 10.7 Å². The van der Waals surface area contributed by atoms with Crippen LogP contribution >= 0.6 is 11.6 Å². The van der Waals surface area contributed by atoms with Gasteiger partial charge in [-0.3, -0.25) is 10.1 Å². The standard InChI is InChI=1S/C12H9ClFN3O3/c1-6-5-8(14)3-4-9(6)20-11-10(17(18)19)7(2)15-12(13)16-11/h3-5H,1-2H3. The summed E-state index contributed by atoms with van der Waals surface area (Å²) in [5.74, 6) is -0.452. The Morgan fingerprint density at radius 1 is 1.35 bits per heavy atom. The molecule has 2 aromatic rings. The van der Waals surface area contributed by atoms with Gasteiger partial charge < -0.3 is 4.74 Å². The Labute approximate surface area is 118 Å². The van der Waals surface area contributed by atoms with Gasteiger partial charge in [-0.25, -0.2) is 9.37 Å². The van der Waals surface area contributed by atoms with E-state index >= 15 is 0 Å². The van der Waals surface area contributed by atoms with E-state index in [1.807, 2.05) is 0 Å². The van der Waals surface area contributed by atoms with Crippen molar-refractivity contribution in [1.29, 1.82) is 0 Å². The monoisotopic (exact) mass is 297 g/mol. The van der Waals surface area contributed by atoms with Crippen molar-refractivity contribution in [3.8, 4) is 11.6 Å². The molecule has 8 heteroatoms. The van der Waals surface area contributed by atoms with Gasteiger partial charge in [-0.05, 0) is 49.2 Å². The molecule has 1 aromatic carbocycles. The summed E-state index contributed by atoms with van der Waals surface area (Å²) in [6.45, 7) is 3.04. The SMILES string of the molecule is Cc1cc(F)ccc1Oc1nc(Cl)nc(C)c1[N+](=O)[O-]. The molecule has 0 aliphatic heterocycles. The van der Waals surface area contributed by atoms with E-state index in [-0.39, 0.29) is 28.3 Å². The zero-order valence-corrected chi connectivity index (χ0v) is 11.3. The average Bonchev–Trinajstić information content (AvgIpc) is 2.31. The fraction of sp³-hybridized carbons (Fsp3) is 0.167. The van der Waals surface area contributed by atoms with Gasteiger partial charge in [0.05, 0.1) is 4.92 Å². The van der Waals surface area contributed by atoms with Crippen LogP contribution in [0.2, 0.25) is 5.28 Å². The topological polar surface area (TPSA) is 78.2 Å². The Morgan fingerprint density at radius 3 is 2.65 bits per heavy atom. The van der Waals surface area contributed by atoms with Gasteiger partial charge in [0.15, 0.2) is 0 Å². The van der Waals surface area contributed by atoms with Crippen LogP contribution in [0.4, 0.5) is 10.1 Å². The molecule has 0 saturated carbocycles. The molecule has 0 amide bonds. The second kappa shape index (κ2) is 5.38. The summed E-state index contributed by atoms with van der Waals surface area (Å²) in [6.07, 6.45) is 0. The third-order valence-corrected chi connectivity index (χ3v) is 2.69. The van der Waals surface area contributed by atoms with Crippen LogP contribution in [0.25, 0.3) is 0 Å². The van der Waals surface area contributed by atoms with Crippen molar-refractivity contribution < 1.29 is 14.1 Å². The van der Waals surface area contributed by atoms with Gasteiger partial charge in [0.2, 0.25) is 5.28 Å². The molecule has 0 saturated heterocycles. The van der Waals surface area contributed by atoms with E-state index in [4.69, 9.17) is 16.3 Å². The third-order valence-electron chi connectivity index (χ3n) is 2.53. The lowest BCUT2D eigenvalue weighted by molar-refractivity contribution is -0.386. The number of halogens is 2. The van der Waals surface area contributed by atoms with E-state index in [1.54, 1.807) is 6.92 Å². The largest absolute Gasteiger partial charge is 0.433 e. The molecular formula is C12H9ClFN3O3. The molecule has 6 nitrogen and oxygen atoms in total. The second-order valence-electron chi connectivity index (χ2n) is 4.00. The summed E-state index contributed by atoms with van der Waals surface area (Å²) < 4.78 is 18.4. The fourth-order valence-electron chi connectivity index (χ4n) is 1.62. The van der Waals surface area contributed by atoms with Crippen LogP contribution in [0.1, 0.15) is 11.3 Å². The highest BCUT2D eigenvalue weighted by atomic mass is 35.5. The van der Waals surface area contributed by atoms with E-state index in [1.165, 1.54) is 25.1 Å². The predicted molar refractivity (Wildman–Crippen MR) is 69.6 cm³/mol. The summed E-state index contributed by atoms with van der Waals surface area (Å²) in [5, 5.41) is 10.9. The molecule has 2 rings (SSSR count). The minimum atomic E-state index is -0.653. The Kier molecular flexibility index (Phi) is 3.80. The van der Waals surface area contributed by atoms with Crippen LogP contribution in [0.3, 0.4) is 0 Å². The number of hydrogen-bond donors (Lipinski definition) is 0. The van der Waals surface area contributed by atoms with E-state index in [0.717, 1.165) is 0 Å². The molecular weight excluding hydrogens is 289 g/mol. The van der Waals surface area contributed by atoms with Gasteiger partial charge in [-0.15, -0.1) is 0 Å². The lowest BCUT2D eigenvalue weighted by Gasteiger charge is -2.09.